The minimum absolute atomic E-state index is 0.0836. The molecule has 0 aliphatic rings. The van der Waals surface area contributed by atoms with Crippen LogP contribution < -0.4 is 10.5 Å². The average molecular weight is 347 g/mol. The standard InChI is InChI=1S/C12H14INO3/c1-2-11(13)17-9-5-3-8(4-6-9)7-10(14)12(15)16/h2-6,10-11H,1,7,14H2,(H,15,16)/t10-,11?/m0/s1. The maximum absolute atomic E-state index is 10.6. The van der Waals surface area contributed by atoms with Crippen LogP contribution >= 0.6 is 22.6 Å². The summed E-state index contributed by atoms with van der Waals surface area (Å²) < 4.78 is 5.41. The van der Waals surface area contributed by atoms with E-state index in [1.54, 1.807) is 18.2 Å². The predicted molar refractivity (Wildman–Crippen MR) is 74.4 cm³/mol. The lowest BCUT2D eigenvalue weighted by molar-refractivity contribution is -0.138. The molecule has 1 rings (SSSR count). The number of carboxylic acids is 1. The Kier molecular flexibility index (Phi) is 5.43. The number of rotatable bonds is 6. The molecule has 3 N–H and O–H groups in total. The Bertz CT molecular complexity index is 391. The minimum Gasteiger partial charge on any atom is -0.480 e. The van der Waals surface area contributed by atoms with Gasteiger partial charge in [-0.3, -0.25) is 4.79 Å². The number of aliphatic carboxylic acids is 1. The lowest BCUT2D eigenvalue weighted by Crippen LogP contribution is -2.32. The second kappa shape index (κ2) is 6.61. The van der Waals surface area contributed by atoms with Crippen molar-refractivity contribution in [3.05, 3.63) is 42.5 Å². The van der Waals surface area contributed by atoms with E-state index in [-0.39, 0.29) is 4.11 Å². The van der Waals surface area contributed by atoms with Gasteiger partial charge < -0.3 is 15.6 Å². The van der Waals surface area contributed by atoms with Crippen molar-refractivity contribution >= 4 is 28.6 Å². The Morgan fingerprint density at radius 2 is 2.12 bits per heavy atom. The third-order valence-corrected chi connectivity index (χ3v) is 2.89. The summed E-state index contributed by atoms with van der Waals surface area (Å²) in [6.45, 7) is 3.62. The quantitative estimate of drug-likeness (QED) is 0.469. The topological polar surface area (TPSA) is 72.5 Å². The molecule has 0 bridgehead atoms. The van der Waals surface area contributed by atoms with Crippen LogP contribution in [0.1, 0.15) is 5.56 Å². The van der Waals surface area contributed by atoms with E-state index in [0.29, 0.717) is 6.42 Å². The van der Waals surface area contributed by atoms with Gasteiger partial charge in [0.25, 0.3) is 0 Å². The fourth-order valence-corrected chi connectivity index (χ4v) is 1.52. The zero-order valence-electron chi connectivity index (χ0n) is 9.17. The molecule has 0 aromatic heterocycles. The van der Waals surface area contributed by atoms with Crippen molar-refractivity contribution in [1.29, 1.82) is 0 Å². The highest BCUT2D eigenvalue weighted by atomic mass is 127. The van der Waals surface area contributed by atoms with Crippen molar-refractivity contribution in [2.75, 3.05) is 0 Å². The maximum Gasteiger partial charge on any atom is 0.320 e. The Morgan fingerprint density at radius 3 is 2.59 bits per heavy atom. The van der Waals surface area contributed by atoms with Crippen LogP contribution in [0.15, 0.2) is 36.9 Å². The second-order valence-electron chi connectivity index (χ2n) is 3.50. The number of carboxylic acid groups (broad SMARTS) is 1. The fraction of sp³-hybridized carbons (Fsp3) is 0.250. The Labute approximate surface area is 114 Å². The molecule has 92 valence electrons. The molecule has 5 heteroatoms. The van der Waals surface area contributed by atoms with Gasteiger partial charge in [0.2, 0.25) is 0 Å². The first-order valence-electron chi connectivity index (χ1n) is 5.03. The molecule has 0 saturated carbocycles. The molecular formula is C12H14INO3. The molecule has 4 nitrogen and oxygen atoms in total. The summed E-state index contributed by atoms with van der Waals surface area (Å²) in [4.78, 5) is 10.6. The highest BCUT2D eigenvalue weighted by molar-refractivity contribution is 14.1. The van der Waals surface area contributed by atoms with Crippen molar-refractivity contribution in [1.82, 2.24) is 0 Å². The first-order chi connectivity index (χ1) is 8.02. The lowest BCUT2D eigenvalue weighted by Gasteiger charge is -2.10. The van der Waals surface area contributed by atoms with Gasteiger partial charge in [-0.2, -0.15) is 0 Å². The molecule has 0 spiro atoms. The highest BCUT2D eigenvalue weighted by Crippen LogP contribution is 2.17. The van der Waals surface area contributed by atoms with Gasteiger partial charge in [0.15, 0.2) is 4.11 Å². The second-order valence-corrected chi connectivity index (χ2v) is 4.73. The van der Waals surface area contributed by atoms with Crippen LogP contribution in [0.2, 0.25) is 0 Å². The smallest absolute Gasteiger partial charge is 0.320 e. The monoisotopic (exact) mass is 347 g/mol. The van der Waals surface area contributed by atoms with E-state index >= 15 is 0 Å². The summed E-state index contributed by atoms with van der Waals surface area (Å²) in [7, 11) is 0. The summed E-state index contributed by atoms with van der Waals surface area (Å²) in [6, 6.07) is 6.33. The fourth-order valence-electron chi connectivity index (χ4n) is 1.22. The van der Waals surface area contributed by atoms with E-state index in [2.05, 4.69) is 29.2 Å². The van der Waals surface area contributed by atoms with Crippen LogP contribution in [-0.4, -0.2) is 21.2 Å². The third-order valence-electron chi connectivity index (χ3n) is 2.13. The van der Waals surface area contributed by atoms with Crippen LogP contribution in [0, 0.1) is 0 Å². The minimum atomic E-state index is -0.996. The zero-order valence-corrected chi connectivity index (χ0v) is 11.3. The largest absolute Gasteiger partial charge is 0.480 e. The van der Waals surface area contributed by atoms with Crippen LogP contribution in [0.25, 0.3) is 0 Å². The van der Waals surface area contributed by atoms with Gasteiger partial charge >= 0.3 is 5.97 Å². The van der Waals surface area contributed by atoms with Crippen molar-refractivity contribution < 1.29 is 14.6 Å². The molecule has 0 saturated heterocycles. The summed E-state index contributed by atoms with van der Waals surface area (Å²) in [6.07, 6.45) is 2.00. The van der Waals surface area contributed by atoms with Crippen molar-refractivity contribution in [2.45, 2.75) is 16.6 Å². The molecule has 0 aliphatic carbocycles. The van der Waals surface area contributed by atoms with Crippen LogP contribution in [-0.2, 0) is 11.2 Å². The number of hydrogen-bond acceptors (Lipinski definition) is 3. The van der Waals surface area contributed by atoms with E-state index in [1.807, 2.05) is 12.1 Å². The Hall–Kier alpha value is -1.08. The molecule has 0 aliphatic heterocycles. The molecular weight excluding hydrogens is 333 g/mol. The van der Waals surface area contributed by atoms with E-state index < -0.39 is 12.0 Å². The van der Waals surface area contributed by atoms with Gasteiger partial charge in [0.05, 0.1) is 0 Å². The predicted octanol–water partition coefficient (Wildman–Crippen LogP) is 1.97. The average Bonchev–Trinajstić information content (AvgIpc) is 2.31. The normalized spacial score (nSPS) is 13.8. The number of halogens is 1. The number of nitrogens with two attached hydrogens (primary N) is 1. The molecule has 0 amide bonds. The van der Waals surface area contributed by atoms with Crippen LogP contribution in [0.4, 0.5) is 0 Å². The Balaban J connectivity index is 2.61. The van der Waals surface area contributed by atoms with E-state index in [0.717, 1.165) is 11.3 Å². The number of benzene rings is 1. The molecule has 0 fully saturated rings. The Morgan fingerprint density at radius 1 is 1.53 bits per heavy atom. The van der Waals surface area contributed by atoms with Gasteiger partial charge in [0.1, 0.15) is 11.8 Å². The van der Waals surface area contributed by atoms with Gasteiger partial charge in [0, 0.05) is 0 Å². The van der Waals surface area contributed by atoms with E-state index in [1.165, 1.54) is 0 Å². The number of carbonyl (C=O) groups is 1. The molecule has 0 radical (unpaired) electrons. The summed E-state index contributed by atoms with van der Waals surface area (Å²) in [5, 5.41) is 8.69. The molecule has 2 atom stereocenters. The van der Waals surface area contributed by atoms with Crippen molar-refractivity contribution in [2.24, 2.45) is 5.73 Å². The van der Waals surface area contributed by atoms with E-state index in [4.69, 9.17) is 15.6 Å². The zero-order chi connectivity index (χ0) is 12.8. The molecule has 1 aromatic rings. The van der Waals surface area contributed by atoms with Gasteiger partial charge in [-0.25, -0.2) is 0 Å². The first kappa shape index (κ1) is 14.0. The van der Waals surface area contributed by atoms with Crippen LogP contribution in [0.5, 0.6) is 5.75 Å². The summed E-state index contributed by atoms with van der Waals surface area (Å²) >= 11 is 2.11. The third kappa shape index (κ3) is 4.74. The van der Waals surface area contributed by atoms with Gasteiger partial charge in [-0.05, 0) is 52.8 Å². The highest BCUT2D eigenvalue weighted by Gasteiger charge is 2.11. The van der Waals surface area contributed by atoms with Gasteiger partial charge in [-0.1, -0.05) is 18.7 Å². The van der Waals surface area contributed by atoms with Crippen molar-refractivity contribution in [3.63, 3.8) is 0 Å². The first-order valence-corrected chi connectivity index (χ1v) is 6.28. The lowest BCUT2D eigenvalue weighted by atomic mass is 10.1. The van der Waals surface area contributed by atoms with E-state index in [9.17, 15) is 4.79 Å². The van der Waals surface area contributed by atoms with Crippen LogP contribution in [0.3, 0.4) is 0 Å². The number of ether oxygens (including phenoxy) is 1. The summed E-state index contributed by atoms with van der Waals surface area (Å²) in [5.74, 6) is -0.277. The number of alkyl halides is 1. The molecule has 1 aromatic carbocycles. The molecule has 1 unspecified atom stereocenters. The number of hydrogen-bond donors (Lipinski definition) is 2. The maximum atomic E-state index is 10.6. The molecule has 0 heterocycles. The molecule has 17 heavy (non-hydrogen) atoms. The van der Waals surface area contributed by atoms with Crippen molar-refractivity contribution in [3.8, 4) is 5.75 Å². The SMILES string of the molecule is C=CC(I)Oc1ccc(C[C@H](N)C(=O)O)cc1. The summed E-state index contributed by atoms with van der Waals surface area (Å²) in [5.41, 5.74) is 6.31. The van der Waals surface area contributed by atoms with Gasteiger partial charge in [-0.15, -0.1) is 0 Å².